The van der Waals surface area contributed by atoms with Gasteiger partial charge in [0.1, 0.15) is 0 Å². The lowest BCUT2D eigenvalue weighted by atomic mass is 9.95. The zero-order valence-electron chi connectivity index (χ0n) is 9.52. The van der Waals surface area contributed by atoms with Gasteiger partial charge in [-0.15, -0.1) is 0 Å². The SMILES string of the molecule is COc1cc(C(F)(F)F)cc(C(C)(C)O)c1F. The van der Waals surface area contributed by atoms with Gasteiger partial charge in [-0.3, -0.25) is 0 Å². The number of hydrogen-bond donors (Lipinski definition) is 1. The van der Waals surface area contributed by atoms with E-state index in [-0.39, 0.29) is 0 Å². The van der Waals surface area contributed by atoms with E-state index >= 15 is 0 Å². The number of ether oxygens (including phenoxy) is 1. The lowest BCUT2D eigenvalue weighted by Crippen LogP contribution is -2.20. The second kappa shape index (κ2) is 4.18. The summed E-state index contributed by atoms with van der Waals surface area (Å²) in [6, 6.07) is 1.14. The highest BCUT2D eigenvalue weighted by Gasteiger charge is 2.35. The Hall–Kier alpha value is -1.30. The fourth-order valence-corrected chi connectivity index (χ4v) is 1.36. The third-order valence-corrected chi connectivity index (χ3v) is 2.25. The number of methoxy groups -OCH3 is 1. The number of hydrogen-bond acceptors (Lipinski definition) is 2. The molecule has 0 atom stereocenters. The van der Waals surface area contributed by atoms with E-state index in [2.05, 4.69) is 4.74 Å². The van der Waals surface area contributed by atoms with E-state index in [9.17, 15) is 22.7 Å². The molecule has 96 valence electrons. The third kappa shape index (κ3) is 2.88. The fraction of sp³-hybridized carbons (Fsp3) is 0.455. The van der Waals surface area contributed by atoms with Gasteiger partial charge in [0.15, 0.2) is 11.6 Å². The Labute approximate surface area is 95.8 Å². The lowest BCUT2D eigenvalue weighted by Gasteiger charge is -2.21. The van der Waals surface area contributed by atoms with Gasteiger partial charge >= 0.3 is 6.18 Å². The van der Waals surface area contributed by atoms with Crippen LogP contribution >= 0.6 is 0 Å². The number of alkyl halides is 3. The van der Waals surface area contributed by atoms with E-state index in [4.69, 9.17) is 0 Å². The lowest BCUT2D eigenvalue weighted by molar-refractivity contribution is -0.137. The zero-order valence-corrected chi connectivity index (χ0v) is 9.52. The van der Waals surface area contributed by atoms with Crippen LogP contribution in [0.4, 0.5) is 17.6 Å². The molecule has 0 aliphatic carbocycles. The summed E-state index contributed by atoms with van der Waals surface area (Å²) < 4.78 is 55.8. The molecule has 2 nitrogen and oxygen atoms in total. The van der Waals surface area contributed by atoms with Crippen LogP contribution in [0.3, 0.4) is 0 Å². The molecule has 1 aromatic carbocycles. The quantitative estimate of drug-likeness (QED) is 0.819. The Morgan fingerprint density at radius 3 is 2.06 bits per heavy atom. The van der Waals surface area contributed by atoms with E-state index in [1.165, 1.54) is 13.8 Å². The summed E-state index contributed by atoms with van der Waals surface area (Å²) in [7, 11) is 1.06. The van der Waals surface area contributed by atoms with Crippen molar-refractivity contribution in [3.8, 4) is 5.75 Å². The van der Waals surface area contributed by atoms with Crippen molar-refractivity contribution < 1.29 is 27.4 Å². The predicted molar refractivity (Wildman–Crippen MR) is 53.2 cm³/mol. The second-order valence-corrected chi connectivity index (χ2v) is 4.10. The number of halogens is 4. The zero-order chi connectivity index (χ0) is 13.4. The van der Waals surface area contributed by atoms with Crippen molar-refractivity contribution in [3.63, 3.8) is 0 Å². The largest absolute Gasteiger partial charge is 0.494 e. The Morgan fingerprint density at radius 2 is 1.71 bits per heavy atom. The van der Waals surface area contributed by atoms with Crippen molar-refractivity contribution in [3.05, 3.63) is 29.1 Å². The highest BCUT2D eigenvalue weighted by molar-refractivity contribution is 5.40. The molecule has 1 aromatic rings. The number of benzene rings is 1. The highest BCUT2D eigenvalue weighted by atomic mass is 19.4. The molecular formula is C11H12F4O2. The molecule has 0 unspecified atom stereocenters. The monoisotopic (exact) mass is 252 g/mol. The first-order valence-electron chi connectivity index (χ1n) is 4.75. The first-order valence-corrected chi connectivity index (χ1v) is 4.75. The van der Waals surface area contributed by atoms with Crippen molar-refractivity contribution in [2.75, 3.05) is 7.11 Å². The summed E-state index contributed by atoms with van der Waals surface area (Å²) in [6.07, 6.45) is -4.62. The van der Waals surface area contributed by atoms with Crippen LogP contribution in [-0.4, -0.2) is 12.2 Å². The molecule has 0 aliphatic heterocycles. The van der Waals surface area contributed by atoms with Crippen LogP contribution in [0.15, 0.2) is 12.1 Å². The van der Waals surface area contributed by atoms with Crippen molar-refractivity contribution in [2.24, 2.45) is 0 Å². The van der Waals surface area contributed by atoms with E-state index in [0.717, 1.165) is 7.11 Å². The number of rotatable bonds is 2. The van der Waals surface area contributed by atoms with Gasteiger partial charge in [0, 0.05) is 5.56 Å². The second-order valence-electron chi connectivity index (χ2n) is 4.10. The average Bonchev–Trinajstić information content (AvgIpc) is 2.14. The van der Waals surface area contributed by atoms with Crippen molar-refractivity contribution in [1.82, 2.24) is 0 Å². The molecule has 6 heteroatoms. The topological polar surface area (TPSA) is 29.5 Å². The van der Waals surface area contributed by atoms with Crippen molar-refractivity contribution >= 4 is 0 Å². The molecule has 0 heterocycles. The molecule has 0 saturated carbocycles. The smallest absolute Gasteiger partial charge is 0.416 e. The van der Waals surface area contributed by atoms with E-state index in [1.54, 1.807) is 0 Å². The maximum Gasteiger partial charge on any atom is 0.416 e. The maximum atomic E-state index is 13.7. The van der Waals surface area contributed by atoms with Gasteiger partial charge in [-0.05, 0) is 26.0 Å². The van der Waals surface area contributed by atoms with Gasteiger partial charge in [-0.2, -0.15) is 13.2 Å². The van der Waals surface area contributed by atoms with Gasteiger partial charge in [0.25, 0.3) is 0 Å². The van der Waals surface area contributed by atoms with Crippen LogP contribution < -0.4 is 4.74 Å². The minimum absolute atomic E-state index is 0.454. The van der Waals surface area contributed by atoms with Gasteiger partial charge in [0.2, 0.25) is 0 Å². The summed E-state index contributed by atoms with van der Waals surface area (Å²) in [5.41, 5.74) is -3.24. The van der Waals surface area contributed by atoms with Gasteiger partial charge in [-0.1, -0.05) is 0 Å². The molecule has 1 N–H and O–H groups in total. The molecular weight excluding hydrogens is 240 g/mol. The van der Waals surface area contributed by atoms with E-state index in [1.807, 2.05) is 0 Å². The minimum atomic E-state index is -4.62. The van der Waals surface area contributed by atoms with Crippen LogP contribution in [0.5, 0.6) is 5.75 Å². The molecule has 1 rings (SSSR count). The third-order valence-electron chi connectivity index (χ3n) is 2.25. The standard InChI is InChI=1S/C11H12F4O2/c1-10(2,16)7-4-6(11(13,14)15)5-8(17-3)9(7)12/h4-5,16H,1-3H3. The van der Waals surface area contributed by atoms with Gasteiger partial charge in [-0.25, -0.2) is 4.39 Å². The van der Waals surface area contributed by atoms with Crippen LogP contribution in [0.25, 0.3) is 0 Å². The number of aliphatic hydroxyl groups is 1. The molecule has 0 saturated heterocycles. The highest BCUT2D eigenvalue weighted by Crippen LogP contribution is 2.37. The summed E-state index contributed by atoms with van der Waals surface area (Å²) in [4.78, 5) is 0. The van der Waals surface area contributed by atoms with E-state index < -0.39 is 34.5 Å². The fourth-order valence-electron chi connectivity index (χ4n) is 1.36. The summed E-state index contributed by atoms with van der Waals surface area (Å²) >= 11 is 0. The Bertz CT molecular complexity index is 419. The van der Waals surface area contributed by atoms with Crippen molar-refractivity contribution in [2.45, 2.75) is 25.6 Å². The van der Waals surface area contributed by atoms with Gasteiger partial charge in [0.05, 0.1) is 18.3 Å². The average molecular weight is 252 g/mol. The molecule has 17 heavy (non-hydrogen) atoms. The first-order chi connectivity index (χ1) is 7.57. The molecule has 0 spiro atoms. The van der Waals surface area contributed by atoms with Crippen LogP contribution in [0.1, 0.15) is 25.0 Å². The molecule has 0 fully saturated rings. The van der Waals surface area contributed by atoms with Crippen LogP contribution in [-0.2, 0) is 11.8 Å². The first kappa shape index (κ1) is 13.8. The van der Waals surface area contributed by atoms with E-state index in [0.29, 0.717) is 12.1 Å². The maximum absolute atomic E-state index is 13.7. The molecule has 0 amide bonds. The molecule has 0 bridgehead atoms. The van der Waals surface area contributed by atoms with Crippen molar-refractivity contribution in [1.29, 1.82) is 0 Å². The molecule has 0 aromatic heterocycles. The van der Waals surface area contributed by atoms with Crippen LogP contribution in [0, 0.1) is 5.82 Å². The Kier molecular flexibility index (Phi) is 3.38. The Balaban J connectivity index is 3.50. The Morgan fingerprint density at radius 1 is 1.18 bits per heavy atom. The van der Waals surface area contributed by atoms with Gasteiger partial charge < -0.3 is 9.84 Å². The molecule has 0 aliphatic rings. The predicted octanol–water partition coefficient (Wildman–Crippen LogP) is 3.08. The molecule has 0 radical (unpaired) electrons. The summed E-state index contributed by atoms with van der Waals surface area (Å²) in [5, 5.41) is 9.62. The van der Waals surface area contributed by atoms with Crippen LogP contribution in [0.2, 0.25) is 0 Å². The summed E-state index contributed by atoms with van der Waals surface area (Å²) in [6.45, 7) is 2.40. The minimum Gasteiger partial charge on any atom is -0.494 e. The summed E-state index contributed by atoms with van der Waals surface area (Å²) in [5.74, 6) is -1.54. The normalized spacial score (nSPS) is 12.7.